The molecule has 0 radical (unpaired) electrons. The smallest absolute Gasteiger partial charge is 0.227 e. The second kappa shape index (κ2) is 6.11. The fourth-order valence-electron chi connectivity index (χ4n) is 2.18. The first-order valence-corrected chi connectivity index (χ1v) is 6.70. The van der Waals surface area contributed by atoms with Gasteiger partial charge >= 0.3 is 0 Å². The monoisotopic (exact) mass is 342 g/mol. The Bertz CT molecular complexity index is 589. The van der Waals surface area contributed by atoms with E-state index in [2.05, 4.69) is 26.0 Å². The number of rotatable bonds is 4. The van der Waals surface area contributed by atoms with Gasteiger partial charge in [0.05, 0.1) is 17.3 Å². The van der Waals surface area contributed by atoms with Crippen molar-refractivity contribution in [1.29, 1.82) is 0 Å². The van der Waals surface area contributed by atoms with Crippen LogP contribution in [0.15, 0.2) is 21.7 Å². The average molecular weight is 343 g/mol. The second-order valence-corrected chi connectivity index (χ2v) is 5.28. The van der Waals surface area contributed by atoms with Gasteiger partial charge in [-0.25, -0.2) is 4.39 Å². The molecule has 0 aromatic heterocycles. The van der Waals surface area contributed by atoms with E-state index in [1.54, 1.807) is 0 Å². The third-order valence-electron chi connectivity index (χ3n) is 3.12. The molecule has 0 N–H and O–H groups in total. The molecule has 20 heavy (non-hydrogen) atoms. The van der Waals surface area contributed by atoms with Gasteiger partial charge in [0.2, 0.25) is 5.91 Å². The van der Waals surface area contributed by atoms with Crippen LogP contribution in [-0.2, 0) is 4.79 Å². The lowest BCUT2D eigenvalue weighted by molar-refractivity contribution is -0.117. The maximum atomic E-state index is 13.7. The minimum Gasteiger partial charge on any atom is -0.495 e. The topological polar surface area (TPSA) is 78.3 Å². The van der Waals surface area contributed by atoms with E-state index in [9.17, 15) is 9.18 Å². The molecular formula is C12H12BrFN4O2. The summed E-state index contributed by atoms with van der Waals surface area (Å²) < 4.78 is 19.1. The fraction of sp³-hybridized carbons (Fsp3) is 0.417. The number of ether oxygens (including phenoxy) is 1. The summed E-state index contributed by atoms with van der Waals surface area (Å²) >= 11 is 3.08. The maximum absolute atomic E-state index is 13.7. The first-order valence-electron chi connectivity index (χ1n) is 5.91. The minimum absolute atomic E-state index is 0.0604. The van der Waals surface area contributed by atoms with Crippen LogP contribution in [0.4, 0.5) is 10.1 Å². The van der Waals surface area contributed by atoms with Crippen LogP contribution in [0.2, 0.25) is 0 Å². The molecule has 1 aromatic carbocycles. The standard InChI is InChI=1S/C12H12BrFN4O2/c1-20-11-3-8(13)9(14)4-10(11)18-6-7(2-12(18)19)5-16-17-15/h3-4,7H,2,5-6H2,1H3. The summed E-state index contributed by atoms with van der Waals surface area (Å²) in [4.78, 5) is 16.2. The zero-order chi connectivity index (χ0) is 14.7. The van der Waals surface area contributed by atoms with Crippen LogP contribution in [-0.4, -0.2) is 26.1 Å². The molecule has 1 aliphatic heterocycles. The molecule has 1 atom stereocenters. The Morgan fingerprint density at radius 2 is 2.40 bits per heavy atom. The summed E-state index contributed by atoms with van der Waals surface area (Å²) in [5.74, 6) is -0.249. The molecule has 1 aliphatic rings. The molecular weight excluding hydrogens is 331 g/mol. The number of halogens is 2. The van der Waals surface area contributed by atoms with Crippen LogP contribution in [0.25, 0.3) is 10.4 Å². The van der Waals surface area contributed by atoms with Crippen molar-refractivity contribution in [1.82, 2.24) is 0 Å². The predicted octanol–water partition coefficient (Wildman–Crippen LogP) is 3.26. The third kappa shape index (κ3) is 2.86. The summed E-state index contributed by atoms with van der Waals surface area (Å²) in [6.45, 7) is 0.634. The van der Waals surface area contributed by atoms with Crippen molar-refractivity contribution in [2.45, 2.75) is 6.42 Å². The zero-order valence-corrected chi connectivity index (χ0v) is 12.3. The minimum atomic E-state index is -0.466. The number of hydrogen-bond acceptors (Lipinski definition) is 3. The van der Waals surface area contributed by atoms with Crippen molar-refractivity contribution >= 4 is 27.5 Å². The Morgan fingerprint density at radius 3 is 3.05 bits per heavy atom. The van der Waals surface area contributed by atoms with Gasteiger partial charge in [0.15, 0.2) is 0 Å². The first-order chi connectivity index (χ1) is 9.56. The van der Waals surface area contributed by atoms with Crippen LogP contribution < -0.4 is 9.64 Å². The highest BCUT2D eigenvalue weighted by atomic mass is 79.9. The van der Waals surface area contributed by atoms with E-state index < -0.39 is 5.82 Å². The molecule has 106 valence electrons. The zero-order valence-electron chi connectivity index (χ0n) is 10.7. The molecule has 0 saturated carbocycles. The molecule has 1 unspecified atom stereocenters. The number of carbonyl (C=O) groups excluding carboxylic acids is 1. The molecule has 0 aliphatic carbocycles. The third-order valence-corrected chi connectivity index (χ3v) is 3.73. The predicted molar refractivity (Wildman–Crippen MR) is 75.1 cm³/mol. The molecule has 1 saturated heterocycles. The maximum Gasteiger partial charge on any atom is 0.227 e. The van der Waals surface area contributed by atoms with Gasteiger partial charge in [-0.2, -0.15) is 0 Å². The van der Waals surface area contributed by atoms with Gasteiger partial charge in [-0.3, -0.25) is 4.79 Å². The Labute approximate surface area is 123 Å². The van der Waals surface area contributed by atoms with Gasteiger partial charge in [-0.1, -0.05) is 5.11 Å². The normalized spacial score (nSPS) is 18.1. The number of hydrogen-bond donors (Lipinski definition) is 0. The Morgan fingerprint density at radius 1 is 1.65 bits per heavy atom. The van der Waals surface area contributed by atoms with Crippen LogP contribution in [0, 0.1) is 11.7 Å². The van der Waals surface area contributed by atoms with Crippen molar-refractivity contribution in [2.24, 2.45) is 11.0 Å². The number of methoxy groups -OCH3 is 1. The Kier molecular flexibility index (Phi) is 4.46. The van der Waals surface area contributed by atoms with Crippen LogP contribution in [0.3, 0.4) is 0 Å². The quantitative estimate of drug-likeness (QED) is 0.478. The number of carbonyl (C=O) groups is 1. The highest BCUT2D eigenvalue weighted by molar-refractivity contribution is 9.10. The molecule has 6 nitrogen and oxygen atoms in total. The van der Waals surface area contributed by atoms with Gasteiger partial charge in [0.1, 0.15) is 11.6 Å². The van der Waals surface area contributed by atoms with E-state index in [1.807, 2.05) is 0 Å². The molecule has 8 heteroatoms. The number of amides is 1. The van der Waals surface area contributed by atoms with Crippen LogP contribution >= 0.6 is 15.9 Å². The number of anilines is 1. The summed E-state index contributed by atoms with van der Waals surface area (Å²) in [5.41, 5.74) is 8.70. The van der Waals surface area contributed by atoms with E-state index in [4.69, 9.17) is 10.3 Å². The lowest BCUT2D eigenvalue weighted by atomic mass is 10.1. The highest BCUT2D eigenvalue weighted by Crippen LogP contribution is 2.36. The van der Waals surface area contributed by atoms with Crippen molar-refractivity contribution in [3.8, 4) is 5.75 Å². The molecule has 1 fully saturated rings. The lowest BCUT2D eigenvalue weighted by Gasteiger charge is -2.20. The highest BCUT2D eigenvalue weighted by Gasteiger charge is 2.32. The van der Waals surface area contributed by atoms with E-state index >= 15 is 0 Å². The molecule has 0 spiro atoms. The number of benzene rings is 1. The fourth-order valence-corrected chi connectivity index (χ4v) is 2.50. The molecule has 1 amide bonds. The van der Waals surface area contributed by atoms with Crippen molar-refractivity contribution in [3.05, 3.63) is 32.9 Å². The van der Waals surface area contributed by atoms with Crippen LogP contribution in [0.5, 0.6) is 5.75 Å². The molecule has 1 heterocycles. The number of azide groups is 1. The molecule has 0 bridgehead atoms. The second-order valence-electron chi connectivity index (χ2n) is 4.43. The van der Waals surface area contributed by atoms with Crippen LogP contribution in [0.1, 0.15) is 6.42 Å². The van der Waals surface area contributed by atoms with Gasteiger partial charge in [0.25, 0.3) is 0 Å². The van der Waals surface area contributed by atoms with Gasteiger partial charge in [0, 0.05) is 30.5 Å². The van der Waals surface area contributed by atoms with E-state index in [1.165, 1.54) is 24.1 Å². The van der Waals surface area contributed by atoms with Crippen molar-refractivity contribution in [3.63, 3.8) is 0 Å². The van der Waals surface area contributed by atoms with Gasteiger partial charge < -0.3 is 9.64 Å². The van der Waals surface area contributed by atoms with E-state index in [0.29, 0.717) is 18.0 Å². The SMILES string of the molecule is COc1cc(Br)c(F)cc1N1CC(CN=[N+]=[N-])CC1=O. The Balaban J connectivity index is 2.29. The summed E-state index contributed by atoms with van der Waals surface area (Å²) in [5, 5.41) is 3.48. The Hall–Kier alpha value is -1.79. The van der Waals surface area contributed by atoms with Gasteiger partial charge in [-0.15, -0.1) is 0 Å². The van der Waals surface area contributed by atoms with Gasteiger partial charge in [-0.05, 0) is 33.4 Å². The molecule has 1 aromatic rings. The average Bonchev–Trinajstić information content (AvgIpc) is 2.80. The number of nitrogens with zero attached hydrogens (tertiary/aromatic N) is 4. The van der Waals surface area contributed by atoms with E-state index in [0.717, 1.165) is 0 Å². The van der Waals surface area contributed by atoms with Crippen molar-refractivity contribution < 1.29 is 13.9 Å². The summed E-state index contributed by atoms with van der Waals surface area (Å²) in [6, 6.07) is 2.75. The largest absolute Gasteiger partial charge is 0.495 e. The summed E-state index contributed by atoms with van der Waals surface area (Å²) in [7, 11) is 1.46. The molecule has 2 rings (SSSR count). The summed E-state index contributed by atoms with van der Waals surface area (Å²) in [6.07, 6.45) is 0.278. The first kappa shape index (κ1) is 14.6. The van der Waals surface area contributed by atoms with Crippen molar-refractivity contribution in [2.75, 3.05) is 25.1 Å². The van der Waals surface area contributed by atoms with E-state index in [-0.39, 0.29) is 29.3 Å². The lowest BCUT2D eigenvalue weighted by Crippen LogP contribution is -2.25.